The van der Waals surface area contributed by atoms with Crippen molar-refractivity contribution in [3.8, 4) is 0 Å². The molecule has 1 saturated heterocycles. The van der Waals surface area contributed by atoms with Gasteiger partial charge in [0.05, 0.1) is 17.1 Å². The third-order valence-electron chi connectivity index (χ3n) is 5.23. The molecule has 1 aliphatic rings. The van der Waals surface area contributed by atoms with Crippen molar-refractivity contribution in [3.63, 3.8) is 0 Å². The Morgan fingerprint density at radius 3 is 2.67 bits per heavy atom. The molecule has 1 atom stereocenters. The number of hydrogen-bond acceptors (Lipinski definition) is 3. The molecule has 0 amide bonds. The predicted molar refractivity (Wildman–Crippen MR) is 111 cm³/mol. The Morgan fingerprint density at radius 2 is 1.89 bits per heavy atom. The molecule has 3 aromatic rings. The molecule has 0 spiro atoms. The lowest BCUT2D eigenvalue weighted by Crippen LogP contribution is -2.29. The standard InChI is InChI=1S/C22H24ClN3O/c1-25-13-4-5-18(12-14-25)26-22(27)20-7-3-2-6-19(20)21(24-26)15-16-8-10-17(23)11-9-16/h2-3,6-11,18H,4-5,12-15H2,1H3/i1D3. The van der Waals surface area contributed by atoms with Crippen LogP contribution in [0, 0.1) is 0 Å². The summed E-state index contributed by atoms with van der Waals surface area (Å²) in [5, 5.41) is 6.96. The van der Waals surface area contributed by atoms with Crippen LogP contribution >= 0.6 is 11.6 Å². The van der Waals surface area contributed by atoms with Crippen molar-refractivity contribution in [2.24, 2.45) is 0 Å². The summed E-state index contributed by atoms with van der Waals surface area (Å²) < 4.78 is 24.6. The molecule has 1 aliphatic heterocycles. The number of likely N-dealkylation sites (tertiary alicyclic amines) is 1. The predicted octanol–water partition coefficient (Wildman–Crippen LogP) is 4.30. The maximum absolute atomic E-state index is 13.2. The molecule has 4 rings (SSSR count). The summed E-state index contributed by atoms with van der Waals surface area (Å²) in [6, 6.07) is 15.1. The van der Waals surface area contributed by atoms with Crippen molar-refractivity contribution in [2.75, 3.05) is 20.1 Å². The van der Waals surface area contributed by atoms with E-state index in [2.05, 4.69) is 0 Å². The average molecular weight is 385 g/mol. The van der Waals surface area contributed by atoms with E-state index < -0.39 is 6.98 Å². The van der Waals surface area contributed by atoms with Crippen LogP contribution < -0.4 is 5.56 Å². The molecule has 1 unspecified atom stereocenters. The van der Waals surface area contributed by atoms with E-state index in [1.54, 1.807) is 4.68 Å². The molecule has 2 heterocycles. The van der Waals surface area contributed by atoms with Crippen LogP contribution in [0.5, 0.6) is 0 Å². The van der Waals surface area contributed by atoms with Gasteiger partial charge in [-0.25, -0.2) is 4.68 Å². The Balaban J connectivity index is 1.72. The second-order valence-corrected chi connectivity index (χ2v) is 7.55. The van der Waals surface area contributed by atoms with Gasteiger partial charge in [0.15, 0.2) is 0 Å². The smallest absolute Gasteiger partial charge is 0.274 e. The summed E-state index contributed by atoms with van der Waals surface area (Å²) in [6.45, 7) is -1.17. The molecule has 1 fully saturated rings. The van der Waals surface area contributed by atoms with Gasteiger partial charge < -0.3 is 4.90 Å². The van der Waals surface area contributed by atoms with Crippen molar-refractivity contribution in [2.45, 2.75) is 31.7 Å². The van der Waals surface area contributed by atoms with Crippen LogP contribution in [-0.2, 0) is 6.42 Å². The molecule has 0 saturated carbocycles. The molecule has 27 heavy (non-hydrogen) atoms. The van der Waals surface area contributed by atoms with E-state index in [4.69, 9.17) is 20.8 Å². The lowest BCUT2D eigenvalue weighted by atomic mass is 10.0. The summed E-state index contributed by atoms with van der Waals surface area (Å²) in [5.41, 5.74) is 1.79. The van der Waals surface area contributed by atoms with Gasteiger partial charge in [-0.3, -0.25) is 4.79 Å². The first-order chi connectivity index (χ1) is 14.3. The lowest BCUT2D eigenvalue weighted by molar-refractivity contribution is 0.334. The second-order valence-electron chi connectivity index (χ2n) is 7.12. The largest absolute Gasteiger partial charge is 0.306 e. The van der Waals surface area contributed by atoms with E-state index in [1.165, 1.54) is 4.90 Å². The highest BCUT2D eigenvalue weighted by Gasteiger charge is 2.21. The molecule has 5 heteroatoms. The van der Waals surface area contributed by atoms with Crippen LogP contribution in [-0.4, -0.2) is 34.7 Å². The van der Waals surface area contributed by atoms with Gasteiger partial charge in [-0.1, -0.05) is 41.9 Å². The molecule has 140 valence electrons. The Bertz CT molecular complexity index is 1100. The maximum atomic E-state index is 13.2. The van der Waals surface area contributed by atoms with Crippen molar-refractivity contribution >= 4 is 22.4 Å². The van der Waals surface area contributed by atoms with Gasteiger partial charge in [0, 0.05) is 20.9 Å². The van der Waals surface area contributed by atoms with E-state index in [-0.39, 0.29) is 11.6 Å². The quantitative estimate of drug-likeness (QED) is 0.675. The van der Waals surface area contributed by atoms with Gasteiger partial charge >= 0.3 is 0 Å². The number of fused-ring (bicyclic) bond motifs is 1. The van der Waals surface area contributed by atoms with Crippen molar-refractivity contribution in [1.29, 1.82) is 0 Å². The van der Waals surface area contributed by atoms with Crippen molar-refractivity contribution < 1.29 is 4.11 Å². The van der Waals surface area contributed by atoms with Crippen molar-refractivity contribution in [3.05, 3.63) is 75.2 Å². The Kier molecular flexibility index (Phi) is 4.30. The zero-order chi connectivity index (χ0) is 21.3. The van der Waals surface area contributed by atoms with E-state index in [0.29, 0.717) is 36.3 Å². The minimum Gasteiger partial charge on any atom is -0.306 e. The SMILES string of the molecule is [2H]C([2H])([2H])N1CCCC(n2nc(Cc3ccc(Cl)cc3)c3ccccc3c2=O)CC1. The molecule has 0 N–H and O–H groups in total. The monoisotopic (exact) mass is 384 g/mol. The topological polar surface area (TPSA) is 38.1 Å². The highest BCUT2D eigenvalue weighted by atomic mass is 35.5. The van der Waals surface area contributed by atoms with Crippen LogP contribution in [0.15, 0.2) is 53.3 Å². The van der Waals surface area contributed by atoms with Crippen LogP contribution in [0.3, 0.4) is 0 Å². The average Bonchev–Trinajstić information content (AvgIpc) is 2.98. The highest BCUT2D eigenvalue weighted by molar-refractivity contribution is 6.30. The molecule has 4 nitrogen and oxygen atoms in total. The zero-order valence-electron chi connectivity index (χ0n) is 18.1. The number of aromatic nitrogens is 2. The first kappa shape index (κ1) is 14.8. The first-order valence-electron chi connectivity index (χ1n) is 10.8. The number of benzene rings is 2. The van der Waals surface area contributed by atoms with E-state index in [0.717, 1.165) is 29.5 Å². The normalized spacial score (nSPS) is 20.6. The second kappa shape index (κ2) is 7.83. The Labute approximate surface area is 168 Å². The van der Waals surface area contributed by atoms with Crippen LogP contribution in [0.2, 0.25) is 5.02 Å². The lowest BCUT2D eigenvalue weighted by Gasteiger charge is -2.19. The molecular weight excluding hydrogens is 358 g/mol. The van der Waals surface area contributed by atoms with E-state index >= 15 is 0 Å². The molecule has 2 aromatic carbocycles. The fourth-order valence-corrected chi connectivity index (χ4v) is 3.90. The van der Waals surface area contributed by atoms with E-state index in [9.17, 15) is 4.79 Å². The van der Waals surface area contributed by atoms with Gasteiger partial charge in [0.25, 0.3) is 5.56 Å². The van der Waals surface area contributed by atoms with Gasteiger partial charge in [-0.2, -0.15) is 5.10 Å². The maximum Gasteiger partial charge on any atom is 0.274 e. The number of hydrogen-bond donors (Lipinski definition) is 0. The number of rotatable bonds is 3. The summed E-state index contributed by atoms with van der Waals surface area (Å²) >= 11 is 6.01. The Morgan fingerprint density at radius 1 is 1.11 bits per heavy atom. The molecule has 1 aromatic heterocycles. The molecule has 0 bridgehead atoms. The molecule has 0 radical (unpaired) electrons. The molecular formula is C22H24ClN3O. The number of halogens is 1. The minimum absolute atomic E-state index is 0.113. The summed E-state index contributed by atoms with van der Waals surface area (Å²) in [7, 11) is 0. The van der Waals surface area contributed by atoms with Crippen molar-refractivity contribution in [1.82, 2.24) is 14.7 Å². The zero-order valence-corrected chi connectivity index (χ0v) is 15.8. The Hall–Kier alpha value is -2.17. The highest BCUT2D eigenvalue weighted by Crippen LogP contribution is 2.23. The van der Waals surface area contributed by atoms with Gasteiger partial charge in [0.1, 0.15) is 0 Å². The summed E-state index contributed by atoms with van der Waals surface area (Å²) in [5.74, 6) is 0. The van der Waals surface area contributed by atoms with Crippen LogP contribution in [0.1, 0.15) is 40.7 Å². The first-order valence-corrected chi connectivity index (χ1v) is 9.70. The summed E-state index contributed by atoms with van der Waals surface area (Å²) in [6.07, 6.45) is 2.63. The fraction of sp³-hybridized carbons (Fsp3) is 0.364. The molecule has 0 aliphatic carbocycles. The van der Waals surface area contributed by atoms with Crippen LogP contribution in [0.4, 0.5) is 0 Å². The van der Waals surface area contributed by atoms with Gasteiger partial charge in [-0.05, 0) is 63.1 Å². The minimum atomic E-state index is -2.10. The van der Waals surface area contributed by atoms with Gasteiger partial charge in [0.2, 0.25) is 0 Å². The third-order valence-corrected chi connectivity index (χ3v) is 5.49. The van der Waals surface area contributed by atoms with E-state index in [1.807, 2.05) is 48.5 Å². The van der Waals surface area contributed by atoms with Crippen LogP contribution in [0.25, 0.3) is 10.8 Å². The summed E-state index contributed by atoms with van der Waals surface area (Å²) in [4.78, 5) is 14.7. The fourth-order valence-electron chi connectivity index (χ4n) is 3.77. The number of nitrogens with zero attached hydrogens (tertiary/aromatic N) is 3. The van der Waals surface area contributed by atoms with Gasteiger partial charge in [-0.15, -0.1) is 0 Å². The third kappa shape index (κ3) is 3.92.